The lowest BCUT2D eigenvalue weighted by atomic mass is 9.88. The van der Waals surface area contributed by atoms with Crippen LogP contribution in [0.25, 0.3) is 0 Å². The van der Waals surface area contributed by atoms with Gasteiger partial charge in [0.1, 0.15) is 0 Å². The molecule has 2 heteroatoms. The Morgan fingerprint density at radius 2 is 1.69 bits per heavy atom. The van der Waals surface area contributed by atoms with Crippen molar-refractivity contribution in [1.82, 2.24) is 5.32 Å². The van der Waals surface area contributed by atoms with Gasteiger partial charge in [-0.2, -0.15) is 0 Å². The molecule has 0 saturated heterocycles. The fourth-order valence-corrected chi connectivity index (χ4v) is 2.65. The topological polar surface area (TPSA) is 32.3 Å². The average molecular weight is 227 g/mol. The van der Waals surface area contributed by atoms with Crippen LogP contribution in [0.3, 0.4) is 0 Å². The van der Waals surface area contributed by atoms with E-state index in [2.05, 4.69) is 46.9 Å². The van der Waals surface area contributed by atoms with Crippen molar-refractivity contribution in [3.63, 3.8) is 0 Å². The predicted octanol–water partition coefficient (Wildman–Crippen LogP) is 2.67. The fraction of sp³-hybridized carbons (Fsp3) is 1.00. The minimum atomic E-state index is 0.0448. The van der Waals surface area contributed by atoms with Crippen molar-refractivity contribution in [3.05, 3.63) is 0 Å². The van der Waals surface area contributed by atoms with Crippen molar-refractivity contribution >= 4 is 0 Å². The molecule has 2 N–H and O–H groups in total. The monoisotopic (exact) mass is 227 g/mol. The van der Waals surface area contributed by atoms with Crippen LogP contribution < -0.4 is 5.32 Å². The Bertz CT molecular complexity index is 227. The molecule has 1 fully saturated rings. The van der Waals surface area contributed by atoms with Gasteiger partial charge in [0, 0.05) is 18.6 Å². The molecule has 0 radical (unpaired) electrons. The van der Waals surface area contributed by atoms with E-state index in [0.29, 0.717) is 10.8 Å². The number of aliphatic hydroxyl groups excluding tert-OH is 1. The molecule has 0 spiro atoms. The second-order valence-electron chi connectivity index (χ2n) is 6.95. The van der Waals surface area contributed by atoms with Crippen molar-refractivity contribution in [1.29, 1.82) is 0 Å². The number of nitrogens with one attached hydrogen (secondary N) is 1. The summed E-state index contributed by atoms with van der Waals surface area (Å²) in [7, 11) is 0. The lowest BCUT2D eigenvalue weighted by molar-refractivity contribution is 0.135. The molecule has 16 heavy (non-hydrogen) atoms. The van der Waals surface area contributed by atoms with Gasteiger partial charge in [0.2, 0.25) is 0 Å². The van der Waals surface area contributed by atoms with Crippen LogP contribution in [-0.2, 0) is 0 Å². The maximum Gasteiger partial charge on any atom is 0.0496 e. The van der Waals surface area contributed by atoms with Gasteiger partial charge in [-0.15, -0.1) is 0 Å². The third kappa shape index (κ3) is 2.28. The molecule has 2 nitrogen and oxygen atoms in total. The molecule has 0 heterocycles. The van der Waals surface area contributed by atoms with Gasteiger partial charge in [0.25, 0.3) is 0 Å². The molecule has 0 aliphatic heterocycles. The van der Waals surface area contributed by atoms with Crippen LogP contribution in [0.5, 0.6) is 0 Å². The summed E-state index contributed by atoms with van der Waals surface area (Å²) in [6, 6.07) is 0. The largest absolute Gasteiger partial charge is 0.396 e. The van der Waals surface area contributed by atoms with Gasteiger partial charge in [0.15, 0.2) is 0 Å². The van der Waals surface area contributed by atoms with Gasteiger partial charge in [-0.1, -0.05) is 41.5 Å². The Kier molecular flexibility index (Phi) is 3.76. The lowest BCUT2D eigenvalue weighted by Crippen LogP contribution is -2.35. The van der Waals surface area contributed by atoms with E-state index in [1.54, 1.807) is 0 Å². The highest BCUT2D eigenvalue weighted by atomic mass is 16.3. The zero-order valence-electron chi connectivity index (χ0n) is 11.9. The van der Waals surface area contributed by atoms with Gasteiger partial charge < -0.3 is 10.4 Å². The second kappa shape index (κ2) is 4.30. The van der Waals surface area contributed by atoms with Crippen LogP contribution in [0, 0.1) is 22.2 Å². The number of hydrogen-bond acceptors (Lipinski definition) is 2. The van der Waals surface area contributed by atoms with E-state index in [4.69, 9.17) is 0 Å². The van der Waals surface area contributed by atoms with Crippen LogP contribution in [0.2, 0.25) is 0 Å². The van der Waals surface area contributed by atoms with Crippen LogP contribution in [0.1, 0.15) is 48.0 Å². The zero-order valence-corrected chi connectivity index (χ0v) is 11.9. The van der Waals surface area contributed by atoms with E-state index in [9.17, 15) is 5.11 Å². The normalized spacial score (nSPS) is 26.4. The summed E-state index contributed by atoms with van der Waals surface area (Å²) in [5, 5.41) is 12.9. The molecule has 1 aliphatic carbocycles. The Morgan fingerprint density at radius 1 is 1.19 bits per heavy atom. The summed E-state index contributed by atoms with van der Waals surface area (Å²) in [5.41, 5.74) is 0.965. The second-order valence-corrected chi connectivity index (χ2v) is 6.95. The van der Waals surface area contributed by atoms with E-state index in [0.717, 1.165) is 25.4 Å². The van der Waals surface area contributed by atoms with Gasteiger partial charge in [-0.3, -0.25) is 0 Å². The minimum absolute atomic E-state index is 0.0448. The number of rotatable bonds is 6. The van der Waals surface area contributed by atoms with Crippen molar-refractivity contribution < 1.29 is 5.11 Å². The van der Waals surface area contributed by atoms with E-state index in [-0.39, 0.29) is 12.0 Å². The highest BCUT2D eigenvalue weighted by Crippen LogP contribution is 2.67. The van der Waals surface area contributed by atoms with E-state index >= 15 is 0 Å². The van der Waals surface area contributed by atoms with Crippen LogP contribution in [0.15, 0.2) is 0 Å². The van der Waals surface area contributed by atoms with Crippen molar-refractivity contribution in [3.8, 4) is 0 Å². The van der Waals surface area contributed by atoms with Crippen LogP contribution in [0.4, 0.5) is 0 Å². The fourth-order valence-electron chi connectivity index (χ4n) is 2.65. The molecule has 96 valence electrons. The third-order valence-electron chi connectivity index (χ3n) is 5.46. The molecule has 1 atom stereocenters. The van der Waals surface area contributed by atoms with E-state index < -0.39 is 0 Å². The highest BCUT2D eigenvalue weighted by Gasteiger charge is 2.63. The van der Waals surface area contributed by atoms with Gasteiger partial charge >= 0.3 is 0 Å². The van der Waals surface area contributed by atoms with Crippen LogP contribution in [-0.4, -0.2) is 24.8 Å². The standard InChI is InChI=1S/C14H29NO/c1-7-14(6,10-16)9-15-8-11-12(2,3)13(11,4)5/h11,15-16H,7-10H2,1-6H3. The third-order valence-corrected chi connectivity index (χ3v) is 5.46. The zero-order chi connectivity index (χ0) is 12.6. The highest BCUT2D eigenvalue weighted by molar-refractivity contribution is 5.12. The van der Waals surface area contributed by atoms with Crippen LogP contribution >= 0.6 is 0 Å². The quantitative estimate of drug-likeness (QED) is 0.731. The lowest BCUT2D eigenvalue weighted by Gasteiger charge is -2.26. The molecule has 0 amide bonds. The molecular formula is C14H29NO. The Labute approximate surface area is 101 Å². The Balaban J connectivity index is 2.33. The molecule has 1 saturated carbocycles. The maximum atomic E-state index is 9.33. The summed E-state index contributed by atoms with van der Waals surface area (Å²) in [4.78, 5) is 0. The first-order valence-corrected chi connectivity index (χ1v) is 6.53. The average Bonchev–Trinajstić information content (AvgIpc) is 2.60. The van der Waals surface area contributed by atoms with Gasteiger partial charge in [-0.25, -0.2) is 0 Å². The first-order chi connectivity index (χ1) is 7.21. The molecule has 0 bridgehead atoms. The number of hydrogen-bond donors (Lipinski definition) is 2. The Hall–Kier alpha value is -0.0800. The summed E-state index contributed by atoms with van der Waals surface area (Å²) >= 11 is 0. The van der Waals surface area contributed by atoms with Gasteiger partial charge in [-0.05, 0) is 29.7 Å². The summed E-state index contributed by atoms with van der Waals surface area (Å²) in [5.74, 6) is 0.764. The molecule has 0 aromatic carbocycles. The smallest absolute Gasteiger partial charge is 0.0496 e. The van der Waals surface area contributed by atoms with Gasteiger partial charge in [0.05, 0.1) is 0 Å². The van der Waals surface area contributed by atoms with Crippen molar-refractivity contribution in [2.75, 3.05) is 19.7 Å². The summed E-state index contributed by atoms with van der Waals surface area (Å²) in [6.45, 7) is 16.0. The molecule has 0 aromatic rings. The first-order valence-electron chi connectivity index (χ1n) is 6.53. The predicted molar refractivity (Wildman–Crippen MR) is 69.4 cm³/mol. The Morgan fingerprint density at radius 3 is 2.00 bits per heavy atom. The minimum Gasteiger partial charge on any atom is -0.396 e. The van der Waals surface area contributed by atoms with E-state index in [1.165, 1.54) is 0 Å². The van der Waals surface area contributed by atoms with E-state index in [1.807, 2.05) is 0 Å². The molecule has 1 rings (SSSR count). The molecule has 1 unspecified atom stereocenters. The summed E-state index contributed by atoms with van der Waals surface area (Å²) < 4.78 is 0. The maximum absolute atomic E-state index is 9.33. The molecular weight excluding hydrogens is 198 g/mol. The number of aliphatic hydroxyl groups is 1. The van der Waals surface area contributed by atoms with Crippen molar-refractivity contribution in [2.45, 2.75) is 48.0 Å². The SMILES string of the molecule is CCC(C)(CO)CNCC1C(C)(C)C1(C)C. The molecule has 1 aliphatic rings. The summed E-state index contributed by atoms with van der Waals surface area (Å²) in [6.07, 6.45) is 1.02. The molecule has 0 aromatic heterocycles. The van der Waals surface area contributed by atoms with Crippen molar-refractivity contribution in [2.24, 2.45) is 22.2 Å². The first kappa shape index (κ1) is 14.0.